The molecule has 0 aliphatic rings. The largest absolute Gasteiger partial charge is 0.479 e. The molecule has 2 heterocycles. The fraction of sp³-hybridized carbons (Fsp3) is 0.231. The van der Waals surface area contributed by atoms with E-state index in [1.54, 1.807) is 37.8 Å². The molecule has 0 saturated carbocycles. The lowest BCUT2D eigenvalue weighted by Gasteiger charge is -2.13. The smallest absolute Gasteiger partial charge is 0.331 e. The molecule has 0 bridgehead atoms. The number of nitrogens with zero attached hydrogens (tertiary/aromatic N) is 3. The van der Waals surface area contributed by atoms with Gasteiger partial charge >= 0.3 is 5.97 Å². The highest BCUT2D eigenvalue weighted by molar-refractivity contribution is 7.98. The molecule has 2 aromatic heterocycles. The Hall–Kier alpha value is -2.35. The number of thioether (sulfide) groups is 1. The molecule has 0 fully saturated rings. The number of carboxylic acids is 1. The molecule has 2 rings (SSSR count). The highest BCUT2D eigenvalue weighted by Crippen LogP contribution is 2.19. The van der Waals surface area contributed by atoms with Crippen molar-refractivity contribution >= 4 is 23.6 Å². The molecule has 110 valence electrons. The van der Waals surface area contributed by atoms with E-state index in [0.29, 0.717) is 16.2 Å². The molecule has 2 N–H and O–H groups in total. The number of carbonyl (C=O) groups is 2. The molecule has 0 aliphatic heterocycles. The van der Waals surface area contributed by atoms with Crippen LogP contribution in [0.15, 0.2) is 35.7 Å². The van der Waals surface area contributed by atoms with E-state index in [0.717, 1.165) is 0 Å². The second-order valence-corrected chi connectivity index (χ2v) is 5.05. The number of amides is 1. The van der Waals surface area contributed by atoms with E-state index in [9.17, 15) is 14.7 Å². The summed E-state index contributed by atoms with van der Waals surface area (Å²) in [5.74, 6) is -1.63. The topological polar surface area (TPSA) is 97.1 Å². The number of aromatic nitrogens is 3. The molecule has 1 amide bonds. The van der Waals surface area contributed by atoms with Gasteiger partial charge in [0.15, 0.2) is 6.04 Å². The van der Waals surface area contributed by atoms with E-state index in [4.69, 9.17) is 0 Å². The average molecular weight is 306 g/mol. The number of pyridine rings is 1. The molecule has 0 spiro atoms. The summed E-state index contributed by atoms with van der Waals surface area (Å²) in [5.41, 5.74) is 0.757. The van der Waals surface area contributed by atoms with Gasteiger partial charge in [0.1, 0.15) is 5.03 Å². The number of hydrogen-bond acceptors (Lipinski definition) is 5. The van der Waals surface area contributed by atoms with Gasteiger partial charge in [-0.3, -0.25) is 9.48 Å². The van der Waals surface area contributed by atoms with Crippen LogP contribution in [0, 0.1) is 0 Å². The van der Waals surface area contributed by atoms with Gasteiger partial charge in [-0.25, -0.2) is 9.78 Å². The molecule has 21 heavy (non-hydrogen) atoms. The Morgan fingerprint density at radius 1 is 1.48 bits per heavy atom. The Balaban J connectivity index is 2.25. The monoisotopic (exact) mass is 306 g/mol. The summed E-state index contributed by atoms with van der Waals surface area (Å²) in [7, 11) is 1.68. The average Bonchev–Trinajstić information content (AvgIpc) is 2.90. The summed E-state index contributed by atoms with van der Waals surface area (Å²) < 4.78 is 1.48. The van der Waals surface area contributed by atoms with Crippen LogP contribution in [-0.2, 0) is 11.8 Å². The molecule has 1 atom stereocenters. The summed E-state index contributed by atoms with van der Waals surface area (Å²) in [6, 6.07) is 2.09. The lowest BCUT2D eigenvalue weighted by atomic mass is 10.1. The van der Waals surface area contributed by atoms with Gasteiger partial charge in [0, 0.05) is 25.0 Å². The SMILES string of the molecule is CSc1ncccc1C(=O)NC(C(=O)O)c1cnn(C)c1. The van der Waals surface area contributed by atoms with Crippen molar-refractivity contribution in [2.45, 2.75) is 11.1 Å². The highest BCUT2D eigenvalue weighted by atomic mass is 32.2. The summed E-state index contributed by atoms with van der Waals surface area (Å²) in [6.45, 7) is 0. The second kappa shape index (κ2) is 6.40. The number of carbonyl (C=O) groups excluding carboxylic acids is 1. The van der Waals surface area contributed by atoms with Gasteiger partial charge < -0.3 is 10.4 Å². The Kier molecular flexibility index (Phi) is 4.59. The summed E-state index contributed by atoms with van der Waals surface area (Å²) in [5, 5.41) is 16.2. The Morgan fingerprint density at radius 2 is 2.24 bits per heavy atom. The standard InChI is InChI=1S/C13H14N4O3S/c1-17-7-8(6-15-17)10(13(19)20)16-11(18)9-4-3-5-14-12(9)21-2/h3-7,10H,1-2H3,(H,16,18)(H,19,20). The van der Waals surface area contributed by atoms with Crippen molar-refractivity contribution in [2.24, 2.45) is 7.05 Å². The van der Waals surface area contributed by atoms with Crippen molar-refractivity contribution in [3.8, 4) is 0 Å². The zero-order valence-corrected chi connectivity index (χ0v) is 12.3. The molecule has 8 heteroatoms. The Bertz CT molecular complexity index is 671. The van der Waals surface area contributed by atoms with Crippen LogP contribution in [0.4, 0.5) is 0 Å². The minimum Gasteiger partial charge on any atom is -0.479 e. The first-order chi connectivity index (χ1) is 10.0. The summed E-state index contributed by atoms with van der Waals surface area (Å²) in [4.78, 5) is 27.7. The zero-order valence-electron chi connectivity index (χ0n) is 11.5. The molecular weight excluding hydrogens is 292 g/mol. The molecule has 0 saturated heterocycles. The Morgan fingerprint density at radius 3 is 2.81 bits per heavy atom. The van der Waals surface area contributed by atoms with Crippen LogP contribution in [0.25, 0.3) is 0 Å². The molecule has 2 aromatic rings. The quantitative estimate of drug-likeness (QED) is 0.803. The fourth-order valence-corrected chi connectivity index (χ4v) is 2.36. The predicted molar refractivity (Wildman–Crippen MR) is 77.1 cm³/mol. The number of rotatable bonds is 5. The number of hydrogen-bond donors (Lipinski definition) is 2. The number of carboxylic acid groups (broad SMARTS) is 1. The van der Waals surface area contributed by atoms with E-state index in [1.165, 1.54) is 22.6 Å². The molecular formula is C13H14N4O3S. The van der Waals surface area contributed by atoms with Crippen molar-refractivity contribution in [3.05, 3.63) is 41.9 Å². The fourth-order valence-electron chi connectivity index (χ4n) is 1.81. The first-order valence-electron chi connectivity index (χ1n) is 6.04. The molecule has 7 nitrogen and oxygen atoms in total. The van der Waals surface area contributed by atoms with Crippen molar-refractivity contribution < 1.29 is 14.7 Å². The minimum atomic E-state index is -1.15. The summed E-state index contributed by atoms with van der Waals surface area (Å²) in [6.07, 6.45) is 6.35. The van der Waals surface area contributed by atoms with Gasteiger partial charge in [0.05, 0.1) is 11.8 Å². The molecule has 0 radical (unpaired) electrons. The maximum Gasteiger partial charge on any atom is 0.331 e. The van der Waals surface area contributed by atoms with Crippen LogP contribution < -0.4 is 5.32 Å². The van der Waals surface area contributed by atoms with Crippen LogP contribution in [-0.4, -0.2) is 38.0 Å². The van der Waals surface area contributed by atoms with Crippen LogP contribution in [0.2, 0.25) is 0 Å². The third-order valence-electron chi connectivity index (χ3n) is 2.79. The van der Waals surface area contributed by atoms with Crippen LogP contribution >= 0.6 is 11.8 Å². The van der Waals surface area contributed by atoms with Crippen LogP contribution in [0.3, 0.4) is 0 Å². The van der Waals surface area contributed by atoms with E-state index in [1.807, 2.05) is 0 Å². The first kappa shape index (κ1) is 15.0. The third-order valence-corrected chi connectivity index (χ3v) is 3.50. The third kappa shape index (κ3) is 3.40. The predicted octanol–water partition coefficient (Wildman–Crippen LogP) is 1.09. The van der Waals surface area contributed by atoms with Crippen LogP contribution in [0.5, 0.6) is 0 Å². The van der Waals surface area contributed by atoms with Gasteiger partial charge in [0.2, 0.25) is 0 Å². The van der Waals surface area contributed by atoms with Crippen molar-refractivity contribution in [3.63, 3.8) is 0 Å². The molecule has 1 unspecified atom stereocenters. The van der Waals surface area contributed by atoms with Crippen LogP contribution in [0.1, 0.15) is 22.0 Å². The van der Waals surface area contributed by atoms with Crippen molar-refractivity contribution in [1.29, 1.82) is 0 Å². The highest BCUT2D eigenvalue weighted by Gasteiger charge is 2.25. The van der Waals surface area contributed by atoms with E-state index in [2.05, 4.69) is 15.4 Å². The number of nitrogens with one attached hydrogen (secondary N) is 1. The maximum atomic E-state index is 12.3. The first-order valence-corrected chi connectivity index (χ1v) is 7.26. The lowest BCUT2D eigenvalue weighted by Crippen LogP contribution is -2.34. The lowest BCUT2D eigenvalue weighted by molar-refractivity contribution is -0.139. The maximum absolute atomic E-state index is 12.3. The van der Waals surface area contributed by atoms with Gasteiger partial charge in [-0.2, -0.15) is 5.10 Å². The molecule has 0 aromatic carbocycles. The zero-order chi connectivity index (χ0) is 15.4. The van der Waals surface area contributed by atoms with Gasteiger partial charge in [0.25, 0.3) is 5.91 Å². The number of aryl methyl sites for hydroxylation is 1. The van der Waals surface area contributed by atoms with Gasteiger partial charge in [-0.15, -0.1) is 11.8 Å². The normalized spacial score (nSPS) is 11.9. The van der Waals surface area contributed by atoms with E-state index >= 15 is 0 Å². The van der Waals surface area contributed by atoms with E-state index in [-0.39, 0.29) is 0 Å². The Labute approximate surface area is 125 Å². The van der Waals surface area contributed by atoms with Crippen molar-refractivity contribution in [1.82, 2.24) is 20.1 Å². The van der Waals surface area contributed by atoms with Crippen molar-refractivity contribution in [2.75, 3.05) is 6.26 Å². The summed E-state index contributed by atoms with van der Waals surface area (Å²) >= 11 is 1.32. The van der Waals surface area contributed by atoms with Gasteiger partial charge in [-0.1, -0.05) is 0 Å². The molecule has 0 aliphatic carbocycles. The van der Waals surface area contributed by atoms with Gasteiger partial charge in [-0.05, 0) is 18.4 Å². The second-order valence-electron chi connectivity index (χ2n) is 4.25. The minimum absolute atomic E-state index is 0.347. The number of aliphatic carboxylic acids is 1. The van der Waals surface area contributed by atoms with E-state index < -0.39 is 17.9 Å².